The number of benzene rings is 2. The molecule has 0 unspecified atom stereocenters. The van der Waals surface area contributed by atoms with E-state index in [1.165, 1.54) is 0 Å². The predicted molar refractivity (Wildman–Crippen MR) is 89.5 cm³/mol. The molecule has 0 radical (unpaired) electrons. The van der Waals surface area contributed by atoms with Gasteiger partial charge in [0.05, 0.1) is 28.0 Å². The summed E-state index contributed by atoms with van der Waals surface area (Å²) in [5.41, 5.74) is 0.774. The summed E-state index contributed by atoms with van der Waals surface area (Å²) in [6.45, 7) is 1.86. The Morgan fingerprint density at radius 3 is 2.65 bits per heavy atom. The molecule has 0 amide bonds. The zero-order chi connectivity index (χ0) is 16.6. The molecule has 1 heterocycles. The largest absolute Gasteiger partial charge is 0.490 e. The number of hydrogen-bond acceptors (Lipinski definition) is 3. The van der Waals surface area contributed by atoms with Gasteiger partial charge in [0, 0.05) is 5.39 Å². The van der Waals surface area contributed by atoms with Gasteiger partial charge in [0.1, 0.15) is 6.54 Å². The zero-order valence-electron chi connectivity index (χ0n) is 12.4. The molecule has 23 heavy (non-hydrogen) atoms. The number of fused-ring (bicyclic) bond motifs is 2. The van der Waals surface area contributed by atoms with Crippen molar-refractivity contribution < 1.29 is 14.6 Å². The van der Waals surface area contributed by atoms with Crippen LogP contribution in [0.1, 0.15) is 6.92 Å². The SMILES string of the molecule is CCOc1c(Cl)ccc2c(=O)c3ccccc3n(CC(=O)O)c12. The number of rotatable bonds is 4. The average molecular weight is 332 g/mol. The van der Waals surface area contributed by atoms with Crippen LogP contribution in [0.5, 0.6) is 5.75 Å². The van der Waals surface area contributed by atoms with Crippen LogP contribution in [0.3, 0.4) is 0 Å². The molecule has 6 heteroatoms. The number of halogens is 1. The van der Waals surface area contributed by atoms with Crippen LogP contribution in [-0.2, 0) is 11.3 Å². The van der Waals surface area contributed by atoms with Gasteiger partial charge in [-0.05, 0) is 31.2 Å². The van der Waals surface area contributed by atoms with Crippen molar-refractivity contribution in [3.05, 3.63) is 51.6 Å². The van der Waals surface area contributed by atoms with Crippen LogP contribution in [0, 0.1) is 0 Å². The zero-order valence-corrected chi connectivity index (χ0v) is 13.1. The maximum atomic E-state index is 12.7. The number of pyridine rings is 1. The number of hydrogen-bond donors (Lipinski definition) is 1. The fraction of sp³-hybridized carbons (Fsp3) is 0.176. The third-order valence-corrected chi connectivity index (χ3v) is 3.92. The molecule has 0 bridgehead atoms. The summed E-state index contributed by atoms with van der Waals surface area (Å²) in [5.74, 6) is -0.682. The molecule has 0 aliphatic carbocycles. The highest BCUT2D eigenvalue weighted by Crippen LogP contribution is 2.34. The van der Waals surface area contributed by atoms with E-state index in [-0.39, 0.29) is 12.0 Å². The molecule has 5 nitrogen and oxygen atoms in total. The van der Waals surface area contributed by atoms with E-state index in [1.54, 1.807) is 47.9 Å². The topological polar surface area (TPSA) is 68.5 Å². The van der Waals surface area contributed by atoms with Gasteiger partial charge < -0.3 is 14.4 Å². The van der Waals surface area contributed by atoms with Crippen LogP contribution in [-0.4, -0.2) is 22.2 Å². The summed E-state index contributed by atoms with van der Waals surface area (Å²) in [4.78, 5) is 24.1. The van der Waals surface area contributed by atoms with Crippen molar-refractivity contribution in [2.24, 2.45) is 0 Å². The second kappa shape index (κ2) is 5.93. The Morgan fingerprint density at radius 2 is 1.96 bits per heavy atom. The maximum Gasteiger partial charge on any atom is 0.323 e. The molecule has 1 N–H and O–H groups in total. The Morgan fingerprint density at radius 1 is 1.22 bits per heavy atom. The normalized spacial score (nSPS) is 11.0. The fourth-order valence-corrected chi connectivity index (χ4v) is 2.95. The summed E-state index contributed by atoms with van der Waals surface area (Å²) in [5, 5.41) is 10.5. The van der Waals surface area contributed by atoms with Crippen molar-refractivity contribution in [3.8, 4) is 5.75 Å². The summed E-state index contributed by atoms with van der Waals surface area (Å²) in [6, 6.07) is 10.1. The number of carboxylic acid groups (broad SMARTS) is 1. The summed E-state index contributed by atoms with van der Waals surface area (Å²) < 4.78 is 7.15. The average Bonchev–Trinajstić information content (AvgIpc) is 2.53. The molecule has 0 saturated carbocycles. The fourth-order valence-electron chi connectivity index (χ4n) is 2.75. The van der Waals surface area contributed by atoms with Crippen LogP contribution >= 0.6 is 11.6 Å². The number of carboxylic acids is 1. The maximum absolute atomic E-state index is 12.7. The van der Waals surface area contributed by atoms with E-state index in [9.17, 15) is 14.7 Å². The second-order valence-electron chi connectivity index (χ2n) is 5.03. The summed E-state index contributed by atoms with van der Waals surface area (Å²) >= 11 is 6.21. The lowest BCUT2D eigenvalue weighted by molar-refractivity contribution is -0.137. The molecule has 0 atom stereocenters. The standard InChI is InChI=1S/C17H14ClNO4/c1-2-23-17-12(18)8-7-11-15(17)19(9-14(20)21)13-6-4-3-5-10(13)16(11)22/h3-8H,2,9H2,1H3,(H,20,21). The van der Waals surface area contributed by atoms with Gasteiger partial charge in [0.2, 0.25) is 0 Å². The number of ether oxygens (including phenoxy) is 1. The minimum Gasteiger partial charge on any atom is -0.490 e. The molecular weight excluding hydrogens is 318 g/mol. The quantitative estimate of drug-likeness (QED) is 0.745. The van der Waals surface area contributed by atoms with Gasteiger partial charge in [-0.3, -0.25) is 9.59 Å². The lowest BCUT2D eigenvalue weighted by Gasteiger charge is -2.17. The molecule has 0 fully saturated rings. The molecule has 0 spiro atoms. The Bertz CT molecular complexity index is 978. The first-order valence-electron chi connectivity index (χ1n) is 7.13. The molecule has 3 rings (SSSR count). The van der Waals surface area contributed by atoms with Gasteiger partial charge in [-0.1, -0.05) is 23.7 Å². The lowest BCUT2D eigenvalue weighted by Crippen LogP contribution is -2.17. The molecule has 3 aromatic rings. The van der Waals surface area contributed by atoms with Gasteiger partial charge in [0.25, 0.3) is 0 Å². The minimum atomic E-state index is -1.01. The second-order valence-corrected chi connectivity index (χ2v) is 5.44. The van der Waals surface area contributed by atoms with Crippen molar-refractivity contribution >= 4 is 39.4 Å². The molecule has 0 aliphatic heterocycles. The van der Waals surface area contributed by atoms with Crippen molar-refractivity contribution in [1.82, 2.24) is 4.57 Å². The number of aliphatic carboxylic acids is 1. The molecule has 2 aromatic carbocycles. The van der Waals surface area contributed by atoms with Crippen LogP contribution in [0.2, 0.25) is 5.02 Å². The minimum absolute atomic E-state index is 0.171. The van der Waals surface area contributed by atoms with Gasteiger partial charge in [-0.25, -0.2) is 0 Å². The predicted octanol–water partition coefficient (Wildman–Crippen LogP) is 3.29. The molecular formula is C17H14ClNO4. The molecule has 1 aromatic heterocycles. The van der Waals surface area contributed by atoms with Crippen molar-refractivity contribution in [2.75, 3.05) is 6.61 Å². The Hall–Kier alpha value is -2.53. The van der Waals surface area contributed by atoms with Crippen molar-refractivity contribution in [3.63, 3.8) is 0 Å². The molecule has 118 valence electrons. The van der Waals surface area contributed by atoms with E-state index in [2.05, 4.69) is 0 Å². The van der Waals surface area contributed by atoms with E-state index >= 15 is 0 Å². The van der Waals surface area contributed by atoms with Crippen LogP contribution in [0.25, 0.3) is 21.8 Å². The Balaban J connectivity index is 2.58. The van der Waals surface area contributed by atoms with E-state index < -0.39 is 5.97 Å². The first-order chi connectivity index (χ1) is 11.0. The highest BCUT2D eigenvalue weighted by atomic mass is 35.5. The van der Waals surface area contributed by atoms with Gasteiger partial charge >= 0.3 is 5.97 Å². The smallest absolute Gasteiger partial charge is 0.323 e. The van der Waals surface area contributed by atoms with Crippen LogP contribution in [0.4, 0.5) is 0 Å². The van der Waals surface area contributed by atoms with E-state index in [0.29, 0.717) is 39.2 Å². The van der Waals surface area contributed by atoms with E-state index in [4.69, 9.17) is 16.3 Å². The highest BCUT2D eigenvalue weighted by molar-refractivity contribution is 6.33. The third kappa shape index (κ3) is 2.53. The Kier molecular flexibility index (Phi) is 3.96. The van der Waals surface area contributed by atoms with Crippen LogP contribution in [0.15, 0.2) is 41.2 Å². The monoisotopic (exact) mass is 331 g/mol. The van der Waals surface area contributed by atoms with Gasteiger partial charge in [-0.15, -0.1) is 0 Å². The molecule has 0 saturated heterocycles. The number of nitrogens with zero attached hydrogens (tertiary/aromatic N) is 1. The van der Waals surface area contributed by atoms with Gasteiger partial charge in [-0.2, -0.15) is 0 Å². The first kappa shape index (κ1) is 15.4. The third-order valence-electron chi connectivity index (χ3n) is 3.62. The summed E-state index contributed by atoms with van der Waals surface area (Å²) in [7, 11) is 0. The van der Waals surface area contributed by atoms with Crippen LogP contribution < -0.4 is 10.2 Å². The van der Waals surface area contributed by atoms with Crippen molar-refractivity contribution in [2.45, 2.75) is 13.5 Å². The summed E-state index contributed by atoms with van der Waals surface area (Å²) in [6.07, 6.45) is 0. The van der Waals surface area contributed by atoms with Gasteiger partial charge in [0.15, 0.2) is 11.2 Å². The van der Waals surface area contributed by atoms with Crippen molar-refractivity contribution in [1.29, 1.82) is 0 Å². The van der Waals surface area contributed by atoms with E-state index in [0.717, 1.165) is 0 Å². The van der Waals surface area contributed by atoms with E-state index in [1.807, 2.05) is 0 Å². The lowest BCUT2D eigenvalue weighted by atomic mass is 10.1. The first-order valence-corrected chi connectivity index (χ1v) is 7.50. The number of carbonyl (C=O) groups is 1. The highest BCUT2D eigenvalue weighted by Gasteiger charge is 2.18. The molecule has 0 aliphatic rings. The number of aromatic nitrogens is 1. The Labute approximate surface area is 136 Å². The number of para-hydroxylation sites is 1.